The standard InChI is InChI=1S/CH2O3.ClH.K.H/c2-1(3)4;;;/h(H2,2,3,4);1H;;. The van der Waals surface area contributed by atoms with E-state index < -0.39 is 6.16 Å². The number of rotatable bonds is 0. The molecule has 0 aromatic heterocycles. The summed E-state index contributed by atoms with van der Waals surface area (Å²) in [6, 6.07) is 0. The van der Waals surface area contributed by atoms with Gasteiger partial charge in [0.2, 0.25) is 0 Å². The van der Waals surface area contributed by atoms with Crippen molar-refractivity contribution in [3.05, 3.63) is 0 Å². The second-order valence-corrected chi connectivity index (χ2v) is 0.283. The number of hydrogen-bond donors (Lipinski definition) is 2. The van der Waals surface area contributed by atoms with Gasteiger partial charge in [-0.1, -0.05) is 0 Å². The molecule has 6 heavy (non-hydrogen) atoms. The Kier molecular flexibility index (Phi) is 24.8. The van der Waals surface area contributed by atoms with E-state index in [1.54, 1.807) is 0 Å². The maximum absolute atomic E-state index is 8.56. The molecule has 0 aliphatic heterocycles. The first-order chi connectivity index (χ1) is 1.73. The predicted octanol–water partition coefficient (Wildman–Crippen LogP) is -0.00430. The Morgan fingerprint density at radius 1 is 1.33 bits per heavy atom. The van der Waals surface area contributed by atoms with Gasteiger partial charge in [0.1, 0.15) is 0 Å². The minimum atomic E-state index is -1.83. The molecule has 0 heterocycles. The fourth-order valence-electron chi connectivity index (χ4n) is 0. The molecule has 34 valence electrons. The first-order valence-corrected chi connectivity index (χ1v) is 0.651. The van der Waals surface area contributed by atoms with Crippen LogP contribution in [0, 0.1) is 0 Å². The molecule has 0 fully saturated rings. The van der Waals surface area contributed by atoms with E-state index in [1.807, 2.05) is 0 Å². The second kappa shape index (κ2) is 9.50. The third kappa shape index (κ3) is 63.9. The molecule has 0 amide bonds. The van der Waals surface area contributed by atoms with Crippen LogP contribution in [0.25, 0.3) is 0 Å². The summed E-state index contributed by atoms with van der Waals surface area (Å²) in [4.78, 5) is 8.56. The van der Waals surface area contributed by atoms with Crippen molar-refractivity contribution in [3.8, 4) is 0 Å². The molecule has 3 nitrogen and oxygen atoms in total. The number of carbonyl (C=O) groups is 1. The zero-order valence-electron chi connectivity index (χ0n) is 2.21. The van der Waals surface area contributed by atoms with Gasteiger partial charge in [-0.15, -0.1) is 12.4 Å². The van der Waals surface area contributed by atoms with Crippen LogP contribution >= 0.6 is 12.4 Å². The third-order valence-electron chi connectivity index (χ3n) is 0. The Balaban J connectivity index is -0.0000000450. The van der Waals surface area contributed by atoms with Crippen molar-refractivity contribution < 1.29 is 15.0 Å². The summed E-state index contributed by atoms with van der Waals surface area (Å²) < 4.78 is 0. The van der Waals surface area contributed by atoms with E-state index in [-0.39, 0.29) is 63.8 Å². The van der Waals surface area contributed by atoms with Crippen LogP contribution in [-0.4, -0.2) is 67.8 Å². The molecule has 0 atom stereocenters. The van der Waals surface area contributed by atoms with Gasteiger partial charge in [0.05, 0.1) is 0 Å². The molecule has 5 heteroatoms. The van der Waals surface area contributed by atoms with E-state index in [0.717, 1.165) is 0 Å². The fourth-order valence-corrected chi connectivity index (χ4v) is 0. The van der Waals surface area contributed by atoms with Gasteiger partial charge >= 0.3 is 57.5 Å². The molecule has 0 saturated carbocycles. The molecule has 0 aliphatic rings. The van der Waals surface area contributed by atoms with Crippen molar-refractivity contribution in [1.82, 2.24) is 0 Å². The molecule has 0 rings (SSSR count). The second-order valence-electron chi connectivity index (χ2n) is 0.283. The topological polar surface area (TPSA) is 57.5 Å². The van der Waals surface area contributed by atoms with Crippen LogP contribution in [0.3, 0.4) is 0 Å². The van der Waals surface area contributed by atoms with Crippen LogP contribution in [0.4, 0.5) is 4.79 Å². The van der Waals surface area contributed by atoms with E-state index in [2.05, 4.69) is 0 Å². The molecular weight excluding hydrogens is 135 g/mol. The van der Waals surface area contributed by atoms with Crippen molar-refractivity contribution >= 4 is 69.9 Å². The van der Waals surface area contributed by atoms with Gasteiger partial charge in [-0.25, -0.2) is 4.79 Å². The Morgan fingerprint density at radius 2 is 1.33 bits per heavy atom. The van der Waals surface area contributed by atoms with Crippen LogP contribution in [0.1, 0.15) is 0 Å². The SMILES string of the molecule is Cl.O=C(O)O.[KH]. The summed E-state index contributed by atoms with van der Waals surface area (Å²) in [6.07, 6.45) is -1.83. The van der Waals surface area contributed by atoms with Crippen LogP contribution < -0.4 is 0 Å². The van der Waals surface area contributed by atoms with E-state index in [0.29, 0.717) is 0 Å². The van der Waals surface area contributed by atoms with Crippen molar-refractivity contribution in [3.63, 3.8) is 0 Å². The van der Waals surface area contributed by atoms with Gasteiger partial charge < -0.3 is 10.2 Å². The maximum atomic E-state index is 8.56. The average Bonchev–Trinajstić information content (AvgIpc) is 0.811. The van der Waals surface area contributed by atoms with E-state index in [1.165, 1.54) is 0 Å². The molecule has 0 aliphatic carbocycles. The average molecular weight is 139 g/mol. The fraction of sp³-hybridized carbons (Fsp3) is 0. The van der Waals surface area contributed by atoms with Crippen molar-refractivity contribution in [1.29, 1.82) is 0 Å². The molecule has 0 spiro atoms. The predicted molar refractivity (Wildman–Crippen MR) is 25.1 cm³/mol. The van der Waals surface area contributed by atoms with Gasteiger partial charge in [-0.3, -0.25) is 0 Å². The Labute approximate surface area is 83.6 Å². The summed E-state index contributed by atoms with van der Waals surface area (Å²) in [5.74, 6) is 0. The van der Waals surface area contributed by atoms with E-state index in [4.69, 9.17) is 15.0 Å². The van der Waals surface area contributed by atoms with Crippen LogP contribution in [0.5, 0.6) is 0 Å². The third-order valence-corrected chi connectivity index (χ3v) is 0. The first kappa shape index (κ1) is 15.7. The van der Waals surface area contributed by atoms with Gasteiger partial charge in [0.15, 0.2) is 0 Å². The van der Waals surface area contributed by atoms with Gasteiger partial charge in [-0.05, 0) is 0 Å². The molecule has 0 saturated heterocycles. The van der Waals surface area contributed by atoms with Gasteiger partial charge in [-0.2, -0.15) is 0 Å². The van der Waals surface area contributed by atoms with Crippen molar-refractivity contribution in [2.45, 2.75) is 0 Å². The summed E-state index contributed by atoms with van der Waals surface area (Å²) in [5.41, 5.74) is 0. The van der Waals surface area contributed by atoms with Crippen LogP contribution in [0.15, 0.2) is 0 Å². The summed E-state index contributed by atoms with van der Waals surface area (Å²) in [7, 11) is 0. The summed E-state index contributed by atoms with van der Waals surface area (Å²) in [6.45, 7) is 0. The normalized spacial score (nSPS) is 4.00. The van der Waals surface area contributed by atoms with Crippen molar-refractivity contribution in [2.75, 3.05) is 0 Å². The van der Waals surface area contributed by atoms with Crippen molar-refractivity contribution in [2.24, 2.45) is 0 Å². The molecule has 0 aromatic carbocycles. The first-order valence-electron chi connectivity index (χ1n) is 0.651. The quantitative estimate of drug-likeness (QED) is 0.463. The van der Waals surface area contributed by atoms with E-state index >= 15 is 0 Å². The summed E-state index contributed by atoms with van der Waals surface area (Å²) >= 11 is 0. The minimum absolute atomic E-state index is 0. The summed E-state index contributed by atoms with van der Waals surface area (Å²) in [5, 5.41) is 13.9. The zero-order chi connectivity index (χ0) is 3.58. The molecule has 0 unspecified atom stereocenters. The van der Waals surface area contributed by atoms with Gasteiger partial charge in [0.25, 0.3) is 0 Å². The van der Waals surface area contributed by atoms with Crippen LogP contribution in [-0.2, 0) is 0 Å². The molecule has 0 aromatic rings. The Hall–Kier alpha value is 1.20. The number of hydrogen-bond acceptors (Lipinski definition) is 1. The van der Waals surface area contributed by atoms with Gasteiger partial charge in [0, 0.05) is 0 Å². The molecule has 0 bridgehead atoms. The molecule has 2 N–H and O–H groups in total. The number of halogens is 1. The molecule has 0 radical (unpaired) electrons. The Bertz CT molecular complexity index is 33.8. The zero-order valence-corrected chi connectivity index (χ0v) is 3.03. The Morgan fingerprint density at radius 3 is 1.33 bits per heavy atom. The van der Waals surface area contributed by atoms with E-state index in [9.17, 15) is 0 Å². The van der Waals surface area contributed by atoms with Crippen LogP contribution in [0.2, 0.25) is 0 Å². The molecular formula is CH4ClKO3. The monoisotopic (exact) mass is 138 g/mol. The number of carboxylic acid groups (broad SMARTS) is 2.